The molecule has 2 nitrogen and oxygen atoms in total. The number of aryl methyl sites for hydroxylation is 1. The molecule has 1 aliphatic rings. The number of benzene rings is 1. The summed E-state index contributed by atoms with van der Waals surface area (Å²) in [6.07, 6.45) is 2.27. The minimum atomic E-state index is 0.621. The Morgan fingerprint density at radius 2 is 2.27 bits per heavy atom. The number of fused-ring (bicyclic) bond motifs is 1. The molecule has 0 bridgehead atoms. The van der Waals surface area contributed by atoms with Crippen molar-refractivity contribution >= 4 is 5.69 Å². The summed E-state index contributed by atoms with van der Waals surface area (Å²) in [7, 11) is 0. The first-order chi connectivity index (χ1) is 7.27. The van der Waals surface area contributed by atoms with Crippen LogP contribution in [0.25, 0.3) is 0 Å². The smallest absolute Gasteiger partial charge is 0.0404 e. The Hall–Kier alpha value is -1.02. The van der Waals surface area contributed by atoms with Crippen LogP contribution in [0.5, 0.6) is 0 Å². The molecule has 0 fully saturated rings. The fourth-order valence-electron chi connectivity index (χ4n) is 2.64. The van der Waals surface area contributed by atoms with E-state index < -0.39 is 0 Å². The number of rotatable bonds is 3. The second-order valence-electron chi connectivity index (χ2n) is 4.29. The summed E-state index contributed by atoms with van der Waals surface area (Å²) in [5.74, 6) is 0. The lowest BCUT2D eigenvalue weighted by Crippen LogP contribution is -2.33. The molecule has 1 unspecified atom stereocenters. The molecule has 15 heavy (non-hydrogen) atoms. The summed E-state index contributed by atoms with van der Waals surface area (Å²) in [5, 5.41) is 0. The molecule has 0 amide bonds. The zero-order valence-electron chi connectivity index (χ0n) is 9.66. The Bertz CT molecular complexity index is 346. The highest BCUT2D eigenvalue weighted by molar-refractivity contribution is 5.61. The molecule has 1 aliphatic heterocycles. The molecule has 82 valence electrons. The summed E-state index contributed by atoms with van der Waals surface area (Å²) in [6, 6.07) is 7.22. The highest BCUT2D eigenvalue weighted by atomic mass is 15.2. The van der Waals surface area contributed by atoms with E-state index in [1.165, 1.54) is 23.2 Å². The molecule has 1 aromatic carbocycles. The standard InChI is InChI=1S/C13H20N2/c1-3-15-11(7-8-14)9-12-10(2)5-4-6-13(12)15/h4-6,11H,3,7-9,14H2,1-2H3. The Kier molecular flexibility index (Phi) is 2.96. The van der Waals surface area contributed by atoms with Gasteiger partial charge in [0.05, 0.1) is 0 Å². The van der Waals surface area contributed by atoms with Gasteiger partial charge in [0.2, 0.25) is 0 Å². The maximum atomic E-state index is 5.67. The van der Waals surface area contributed by atoms with Crippen molar-refractivity contribution in [1.82, 2.24) is 0 Å². The number of nitrogens with zero attached hydrogens (tertiary/aromatic N) is 1. The van der Waals surface area contributed by atoms with Gasteiger partial charge in [-0.15, -0.1) is 0 Å². The van der Waals surface area contributed by atoms with E-state index >= 15 is 0 Å². The molecule has 2 heteroatoms. The van der Waals surface area contributed by atoms with Gasteiger partial charge in [-0.05, 0) is 50.4 Å². The van der Waals surface area contributed by atoms with Crippen LogP contribution in [0.4, 0.5) is 5.69 Å². The van der Waals surface area contributed by atoms with Crippen LogP contribution in [0.15, 0.2) is 18.2 Å². The second-order valence-corrected chi connectivity index (χ2v) is 4.29. The van der Waals surface area contributed by atoms with Crippen LogP contribution in [0.1, 0.15) is 24.5 Å². The van der Waals surface area contributed by atoms with E-state index in [1.54, 1.807) is 0 Å². The largest absolute Gasteiger partial charge is 0.368 e. The maximum Gasteiger partial charge on any atom is 0.0404 e. The highest BCUT2D eigenvalue weighted by Gasteiger charge is 2.27. The molecule has 0 saturated carbocycles. The Morgan fingerprint density at radius 1 is 1.47 bits per heavy atom. The molecule has 0 radical (unpaired) electrons. The van der Waals surface area contributed by atoms with Crippen LogP contribution >= 0.6 is 0 Å². The van der Waals surface area contributed by atoms with Gasteiger partial charge in [-0.1, -0.05) is 12.1 Å². The average Bonchev–Trinajstić information content (AvgIpc) is 2.58. The number of anilines is 1. The van der Waals surface area contributed by atoms with Crippen molar-refractivity contribution in [3.8, 4) is 0 Å². The van der Waals surface area contributed by atoms with Gasteiger partial charge >= 0.3 is 0 Å². The summed E-state index contributed by atoms with van der Waals surface area (Å²) < 4.78 is 0. The van der Waals surface area contributed by atoms with Gasteiger partial charge in [0, 0.05) is 18.3 Å². The van der Waals surface area contributed by atoms with Crippen LogP contribution in [0, 0.1) is 6.92 Å². The van der Waals surface area contributed by atoms with Crippen LogP contribution < -0.4 is 10.6 Å². The van der Waals surface area contributed by atoms with Gasteiger partial charge in [-0.3, -0.25) is 0 Å². The van der Waals surface area contributed by atoms with Crippen molar-refractivity contribution in [2.24, 2.45) is 5.73 Å². The average molecular weight is 204 g/mol. The Balaban J connectivity index is 2.32. The first-order valence-electron chi connectivity index (χ1n) is 5.83. The Morgan fingerprint density at radius 3 is 2.93 bits per heavy atom. The third kappa shape index (κ3) is 1.74. The molecule has 2 N–H and O–H groups in total. The lowest BCUT2D eigenvalue weighted by atomic mass is 10.0. The lowest BCUT2D eigenvalue weighted by molar-refractivity contribution is 0.593. The number of likely N-dealkylation sites (N-methyl/N-ethyl adjacent to an activating group) is 1. The zero-order valence-corrected chi connectivity index (χ0v) is 9.66. The number of hydrogen-bond donors (Lipinski definition) is 1. The van der Waals surface area contributed by atoms with Crippen molar-refractivity contribution in [2.75, 3.05) is 18.0 Å². The van der Waals surface area contributed by atoms with Crippen molar-refractivity contribution in [2.45, 2.75) is 32.7 Å². The van der Waals surface area contributed by atoms with Gasteiger partial charge in [0.15, 0.2) is 0 Å². The number of hydrogen-bond acceptors (Lipinski definition) is 2. The monoisotopic (exact) mass is 204 g/mol. The normalized spacial score (nSPS) is 19.4. The highest BCUT2D eigenvalue weighted by Crippen LogP contribution is 2.34. The summed E-state index contributed by atoms with van der Waals surface area (Å²) >= 11 is 0. The summed E-state index contributed by atoms with van der Waals surface area (Å²) in [4.78, 5) is 2.50. The first kappa shape index (κ1) is 10.5. The molecule has 0 aromatic heterocycles. The van der Waals surface area contributed by atoms with Crippen molar-refractivity contribution in [3.63, 3.8) is 0 Å². The van der Waals surface area contributed by atoms with Gasteiger partial charge in [0.1, 0.15) is 0 Å². The first-order valence-corrected chi connectivity index (χ1v) is 5.83. The molecule has 0 spiro atoms. The molecular formula is C13H20N2. The predicted molar refractivity (Wildman–Crippen MR) is 65.4 cm³/mol. The van der Waals surface area contributed by atoms with Crippen molar-refractivity contribution in [1.29, 1.82) is 0 Å². The van der Waals surface area contributed by atoms with Crippen LogP contribution in [0.3, 0.4) is 0 Å². The lowest BCUT2D eigenvalue weighted by Gasteiger charge is -2.25. The number of nitrogens with two attached hydrogens (primary N) is 1. The molecule has 1 atom stereocenters. The fourth-order valence-corrected chi connectivity index (χ4v) is 2.64. The second kappa shape index (κ2) is 4.23. The molecule has 0 aliphatic carbocycles. The summed E-state index contributed by atoms with van der Waals surface area (Å²) in [5.41, 5.74) is 10.0. The van der Waals surface area contributed by atoms with E-state index in [0.717, 1.165) is 19.5 Å². The van der Waals surface area contributed by atoms with Crippen LogP contribution in [-0.2, 0) is 6.42 Å². The van der Waals surface area contributed by atoms with E-state index in [4.69, 9.17) is 5.73 Å². The van der Waals surface area contributed by atoms with Gasteiger partial charge in [-0.25, -0.2) is 0 Å². The molecule has 1 aromatic rings. The predicted octanol–water partition coefficient (Wildman–Crippen LogP) is 2.09. The van der Waals surface area contributed by atoms with Crippen LogP contribution in [0.2, 0.25) is 0 Å². The fraction of sp³-hybridized carbons (Fsp3) is 0.538. The SMILES string of the molecule is CCN1c2cccc(C)c2CC1CCN. The van der Waals surface area contributed by atoms with Gasteiger partial charge < -0.3 is 10.6 Å². The minimum Gasteiger partial charge on any atom is -0.368 e. The van der Waals surface area contributed by atoms with Crippen molar-refractivity contribution in [3.05, 3.63) is 29.3 Å². The van der Waals surface area contributed by atoms with Gasteiger partial charge in [-0.2, -0.15) is 0 Å². The van der Waals surface area contributed by atoms with E-state index in [9.17, 15) is 0 Å². The van der Waals surface area contributed by atoms with Crippen LogP contribution in [-0.4, -0.2) is 19.1 Å². The van der Waals surface area contributed by atoms with E-state index in [2.05, 4.69) is 36.9 Å². The quantitative estimate of drug-likeness (QED) is 0.817. The third-order valence-electron chi connectivity index (χ3n) is 3.42. The minimum absolute atomic E-state index is 0.621. The topological polar surface area (TPSA) is 29.3 Å². The summed E-state index contributed by atoms with van der Waals surface area (Å²) in [6.45, 7) is 6.30. The molecule has 2 rings (SSSR count). The molecule has 0 saturated heterocycles. The third-order valence-corrected chi connectivity index (χ3v) is 3.42. The van der Waals surface area contributed by atoms with Crippen molar-refractivity contribution < 1.29 is 0 Å². The maximum absolute atomic E-state index is 5.67. The molecule has 1 heterocycles. The van der Waals surface area contributed by atoms with E-state index in [0.29, 0.717) is 6.04 Å². The van der Waals surface area contributed by atoms with Gasteiger partial charge in [0.25, 0.3) is 0 Å². The zero-order chi connectivity index (χ0) is 10.8. The van der Waals surface area contributed by atoms with E-state index in [1.807, 2.05) is 0 Å². The Labute approximate surface area is 92.1 Å². The van der Waals surface area contributed by atoms with E-state index in [-0.39, 0.29) is 0 Å². The molecular weight excluding hydrogens is 184 g/mol.